The number of aromatic nitrogens is 2. The van der Waals surface area contributed by atoms with Crippen LogP contribution < -0.4 is 5.32 Å². The van der Waals surface area contributed by atoms with Gasteiger partial charge in [0.15, 0.2) is 0 Å². The molecule has 0 spiro atoms. The van der Waals surface area contributed by atoms with Crippen LogP contribution in [0.4, 0.5) is 4.39 Å². The van der Waals surface area contributed by atoms with E-state index in [-0.39, 0.29) is 11.7 Å². The van der Waals surface area contributed by atoms with Crippen molar-refractivity contribution in [3.8, 4) is 22.3 Å². The largest absolute Gasteiger partial charge is 0.348 e. The molecule has 1 aliphatic heterocycles. The van der Waals surface area contributed by atoms with Gasteiger partial charge in [-0.2, -0.15) is 10.2 Å². The molecular formula is C19H14FN3O. The summed E-state index contributed by atoms with van der Waals surface area (Å²) in [5.41, 5.74) is 6.03. The Hall–Kier alpha value is -3.08. The lowest BCUT2D eigenvalue weighted by molar-refractivity contribution is 0.0966. The van der Waals surface area contributed by atoms with Gasteiger partial charge in [0.2, 0.25) is 0 Å². The maximum absolute atomic E-state index is 13.3. The highest BCUT2D eigenvalue weighted by Crippen LogP contribution is 2.35. The summed E-state index contributed by atoms with van der Waals surface area (Å²) in [6, 6.07) is 12.1. The molecule has 0 radical (unpaired) electrons. The summed E-state index contributed by atoms with van der Waals surface area (Å²) in [7, 11) is 0. The molecule has 3 aromatic rings. The van der Waals surface area contributed by atoms with E-state index in [1.54, 1.807) is 18.3 Å². The summed E-state index contributed by atoms with van der Waals surface area (Å²) in [4.78, 5) is 12.0. The van der Waals surface area contributed by atoms with Gasteiger partial charge in [-0.05, 0) is 59.5 Å². The van der Waals surface area contributed by atoms with E-state index in [0.717, 1.165) is 33.5 Å². The number of carbonyl (C=O) groups is 1. The fourth-order valence-corrected chi connectivity index (χ4v) is 3.00. The summed E-state index contributed by atoms with van der Waals surface area (Å²) < 4.78 is 13.3. The van der Waals surface area contributed by atoms with Crippen molar-refractivity contribution >= 4 is 5.91 Å². The van der Waals surface area contributed by atoms with Crippen molar-refractivity contribution in [3.05, 3.63) is 71.3 Å². The van der Waals surface area contributed by atoms with Gasteiger partial charge in [-0.15, -0.1) is 0 Å². The van der Waals surface area contributed by atoms with Crippen molar-refractivity contribution in [1.82, 2.24) is 15.5 Å². The number of nitrogens with zero attached hydrogens (tertiary/aromatic N) is 2. The number of benzene rings is 2. The minimum Gasteiger partial charge on any atom is -0.348 e. The quantitative estimate of drug-likeness (QED) is 0.786. The van der Waals surface area contributed by atoms with Crippen LogP contribution in [0.5, 0.6) is 0 Å². The van der Waals surface area contributed by atoms with Crippen LogP contribution in [0.15, 0.2) is 48.7 Å². The molecule has 0 bridgehead atoms. The number of amides is 1. The highest BCUT2D eigenvalue weighted by atomic mass is 19.1. The van der Waals surface area contributed by atoms with Crippen LogP contribution >= 0.6 is 0 Å². The molecule has 24 heavy (non-hydrogen) atoms. The maximum Gasteiger partial charge on any atom is 0.251 e. The van der Waals surface area contributed by atoms with Crippen LogP contribution in [0.1, 0.15) is 21.6 Å². The summed E-state index contributed by atoms with van der Waals surface area (Å²) in [6.07, 6.45) is 1.70. The van der Waals surface area contributed by atoms with E-state index in [9.17, 15) is 9.18 Å². The number of hydrogen-bond donors (Lipinski definition) is 1. The van der Waals surface area contributed by atoms with Gasteiger partial charge in [-0.25, -0.2) is 4.39 Å². The van der Waals surface area contributed by atoms with Gasteiger partial charge < -0.3 is 5.32 Å². The fourth-order valence-electron chi connectivity index (χ4n) is 3.00. The minimum absolute atomic E-state index is 0.0797. The number of halogens is 1. The van der Waals surface area contributed by atoms with Gasteiger partial charge in [0.05, 0.1) is 11.9 Å². The summed E-state index contributed by atoms with van der Waals surface area (Å²) in [5.74, 6) is -0.371. The topological polar surface area (TPSA) is 54.9 Å². The average Bonchev–Trinajstić information content (AvgIpc) is 2.95. The van der Waals surface area contributed by atoms with Gasteiger partial charge in [0.25, 0.3) is 5.91 Å². The Balaban J connectivity index is 1.97. The highest BCUT2D eigenvalue weighted by molar-refractivity contribution is 6.01. The van der Waals surface area contributed by atoms with Crippen molar-refractivity contribution in [2.24, 2.45) is 0 Å². The Morgan fingerprint density at radius 3 is 2.50 bits per heavy atom. The van der Waals surface area contributed by atoms with Crippen LogP contribution in [-0.4, -0.2) is 16.1 Å². The third kappa shape index (κ3) is 2.44. The van der Waals surface area contributed by atoms with Crippen molar-refractivity contribution in [2.75, 3.05) is 0 Å². The first-order chi connectivity index (χ1) is 11.6. The van der Waals surface area contributed by atoms with Crippen LogP contribution in [0.3, 0.4) is 0 Å². The zero-order valence-electron chi connectivity index (χ0n) is 13.0. The molecule has 4 nitrogen and oxygen atoms in total. The normalized spacial score (nSPS) is 12.8. The first-order valence-corrected chi connectivity index (χ1v) is 7.62. The van der Waals surface area contributed by atoms with Crippen LogP contribution in [0, 0.1) is 12.7 Å². The molecular weight excluding hydrogens is 305 g/mol. The number of aryl methyl sites for hydroxylation is 1. The second-order valence-electron chi connectivity index (χ2n) is 5.83. The van der Waals surface area contributed by atoms with Gasteiger partial charge in [0.1, 0.15) is 5.82 Å². The molecule has 1 amide bonds. The summed E-state index contributed by atoms with van der Waals surface area (Å²) >= 11 is 0. The van der Waals surface area contributed by atoms with Gasteiger partial charge in [-0.3, -0.25) is 4.79 Å². The molecule has 0 fully saturated rings. The minimum atomic E-state index is -0.291. The number of carbonyl (C=O) groups excluding carboxylic acids is 1. The zero-order valence-corrected chi connectivity index (χ0v) is 13.0. The van der Waals surface area contributed by atoms with Crippen molar-refractivity contribution < 1.29 is 9.18 Å². The third-order valence-corrected chi connectivity index (χ3v) is 4.17. The van der Waals surface area contributed by atoms with Gasteiger partial charge in [0, 0.05) is 17.7 Å². The Morgan fingerprint density at radius 1 is 1.00 bits per heavy atom. The molecule has 2 heterocycles. The van der Waals surface area contributed by atoms with E-state index in [1.807, 2.05) is 25.1 Å². The van der Waals surface area contributed by atoms with E-state index in [2.05, 4.69) is 15.5 Å². The van der Waals surface area contributed by atoms with Crippen molar-refractivity contribution in [3.63, 3.8) is 0 Å². The molecule has 0 unspecified atom stereocenters. The molecule has 0 saturated carbocycles. The van der Waals surface area contributed by atoms with Gasteiger partial charge in [-0.1, -0.05) is 12.1 Å². The van der Waals surface area contributed by atoms with Crippen LogP contribution in [-0.2, 0) is 6.54 Å². The second kappa shape index (κ2) is 5.53. The van der Waals surface area contributed by atoms with E-state index >= 15 is 0 Å². The second-order valence-corrected chi connectivity index (χ2v) is 5.83. The molecule has 1 aliphatic rings. The number of nitrogens with one attached hydrogen (secondary N) is 1. The Morgan fingerprint density at radius 2 is 1.75 bits per heavy atom. The standard InChI is InChI=1S/C19H14FN3O/c1-11-6-13(10-22-23-11)16-7-14-9-21-19(24)18(14)8-17(16)12-2-4-15(20)5-3-12/h2-8,10H,9H2,1H3,(H,21,24). The average molecular weight is 319 g/mol. The fraction of sp³-hybridized carbons (Fsp3) is 0.105. The van der Waals surface area contributed by atoms with Crippen molar-refractivity contribution in [1.29, 1.82) is 0 Å². The number of hydrogen-bond acceptors (Lipinski definition) is 3. The highest BCUT2D eigenvalue weighted by Gasteiger charge is 2.22. The van der Waals surface area contributed by atoms with Gasteiger partial charge >= 0.3 is 0 Å². The molecule has 0 atom stereocenters. The van der Waals surface area contributed by atoms with E-state index in [4.69, 9.17) is 0 Å². The summed E-state index contributed by atoms with van der Waals surface area (Å²) in [6.45, 7) is 2.40. The molecule has 1 aromatic heterocycles. The van der Waals surface area contributed by atoms with E-state index in [0.29, 0.717) is 12.1 Å². The smallest absolute Gasteiger partial charge is 0.251 e. The first kappa shape index (κ1) is 14.5. The Labute approximate surface area is 138 Å². The molecule has 0 aliphatic carbocycles. The predicted octanol–water partition coefficient (Wildman–Crippen LogP) is 3.50. The molecule has 2 aromatic carbocycles. The Kier molecular flexibility index (Phi) is 3.34. The SMILES string of the molecule is Cc1cc(-c2cc3c(cc2-c2ccc(F)cc2)C(=O)NC3)cnn1. The molecule has 0 saturated heterocycles. The van der Waals surface area contributed by atoms with Crippen LogP contribution in [0.2, 0.25) is 0 Å². The van der Waals surface area contributed by atoms with E-state index < -0.39 is 0 Å². The lowest BCUT2D eigenvalue weighted by Crippen LogP contribution is -2.12. The first-order valence-electron chi connectivity index (χ1n) is 7.62. The lowest BCUT2D eigenvalue weighted by atomic mass is 9.91. The Bertz CT molecular complexity index is 951. The lowest BCUT2D eigenvalue weighted by Gasteiger charge is -2.12. The number of fused-ring (bicyclic) bond motifs is 1. The predicted molar refractivity (Wildman–Crippen MR) is 88.8 cm³/mol. The molecule has 118 valence electrons. The molecule has 5 heteroatoms. The van der Waals surface area contributed by atoms with Crippen LogP contribution in [0.25, 0.3) is 22.3 Å². The molecule has 4 rings (SSSR count). The third-order valence-electron chi connectivity index (χ3n) is 4.17. The number of rotatable bonds is 2. The van der Waals surface area contributed by atoms with Crippen molar-refractivity contribution in [2.45, 2.75) is 13.5 Å². The maximum atomic E-state index is 13.3. The zero-order chi connectivity index (χ0) is 16.7. The summed E-state index contributed by atoms with van der Waals surface area (Å²) in [5, 5.41) is 10.9. The van der Waals surface area contributed by atoms with E-state index in [1.165, 1.54) is 12.1 Å². The molecule has 1 N–H and O–H groups in total. The monoisotopic (exact) mass is 319 g/mol.